The molecule has 2 heterocycles. The van der Waals surface area contributed by atoms with Crippen molar-refractivity contribution in [2.75, 3.05) is 5.32 Å². The van der Waals surface area contributed by atoms with Crippen LogP contribution in [0.5, 0.6) is 0 Å². The number of nitro groups is 1. The summed E-state index contributed by atoms with van der Waals surface area (Å²) in [7, 11) is 0. The summed E-state index contributed by atoms with van der Waals surface area (Å²) >= 11 is 0. The van der Waals surface area contributed by atoms with Crippen LogP contribution in [0.15, 0.2) is 72.9 Å². The molecule has 0 bridgehead atoms. The van der Waals surface area contributed by atoms with Gasteiger partial charge in [0.05, 0.1) is 21.5 Å². The first-order chi connectivity index (χ1) is 18.4. The number of anilines is 2. The first-order valence-corrected chi connectivity index (χ1v) is 12.4. The molecule has 0 aliphatic carbocycles. The summed E-state index contributed by atoms with van der Waals surface area (Å²) in [6, 6.07) is 20.2. The van der Waals surface area contributed by atoms with Crippen molar-refractivity contribution in [3.63, 3.8) is 0 Å². The number of benzene rings is 3. The molecule has 192 valence electrons. The maximum Gasteiger partial charge on any atom is 0.336 e. The minimum atomic E-state index is -0.955. The summed E-state index contributed by atoms with van der Waals surface area (Å²) in [6.07, 6.45) is 3.28. The van der Waals surface area contributed by atoms with E-state index in [-0.39, 0.29) is 11.3 Å². The lowest BCUT2D eigenvalue weighted by Gasteiger charge is -2.12. The largest absolute Gasteiger partial charge is 0.478 e. The molecule has 0 radical (unpaired) electrons. The summed E-state index contributed by atoms with van der Waals surface area (Å²) < 4.78 is 2.18. The van der Waals surface area contributed by atoms with Gasteiger partial charge in [0.15, 0.2) is 5.82 Å². The predicted molar refractivity (Wildman–Crippen MR) is 147 cm³/mol. The second-order valence-electron chi connectivity index (χ2n) is 9.19. The first-order valence-electron chi connectivity index (χ1n) is 12.4. The number of carboxylic acid groups (broad SMARTS) is 1. The summed E-state index contributed by atoms with van der Waals surface area (Å²) in [5.41, 5.74) is 6.34. The van der Waals surface area contributed by atoms with E-state index in [9.17, 15) is 20.0 Å². The lowest BCUT2D eigenvalue weighted by molar-refractivity contribution is -0.383. The molecule has 0 amide bonds. The Bertz CT molecular complexity index is 1650. The van der Waals surface area contributed by atoms with Crippen LogP contribution < -0.4 is 5.32 Å². The molecule has 0 saturated heterocycles. The van der Waals surface area contributed by atoms with Gasteiger partial charge in [-0.05, 0) is 53.8 Å². The molecular formula is C29H27N5O4. The third-order valence-corrected chi connectivity index (χ3v) is 6.55. The van der Waals surface area contributed by atoms with Gasteiger partial charge in [-0.25, -0.2) is 9.78 Å². The normalized spacial score (nSPS) is 11.1. The van der Waals surface area contributed by atoms with Gasteiger partial charge in [0, 0.05) is 30.9 Å². The van der Waals surface area contributed by atoms with Crippen molar-refractivity contribution >= 4 is 34.2 Å². The van der Waals surface area contributed by atoms with Gasteiger partial charge < -0.3 is 20.0 Å². The van der Waals surface area contributed by atoms with E-state index in [0.717, 1.165) is 52.1 Å². The summed E-state index contributed by atoms with van der Waals surface area (Å²) in [6.45, 7) is 4.68. The molecule has 0 aliphatic rings. The maximum atomic E-state index is 11.7. The van der Waals surface area contributed by atoms with E-state index in [1.807, 2.05) is 55.5 Å². The van der Waals surface area contributed by atoms with Gasteiger partial charge >= 0.3 is 11.7 Å². The zero-order valence-electron chi connectivity index (χ0n) is 21.1. The number of aryl methyl sites for hydroxylation is 2. The third-order valence-electron chi connectivity index (χ3n) is 6.55. The Labute approximate surface area is 218 Å². The average molecular weight is 510 g/mol. The van der Waals surface area contributed by atoms with Crippen LogP contribution in [0.2, 0.25) is 0 Å². The van der Waals surface area contributed by atoms with Gasteiger partial charge in [-0.3, -0.25) is 10.1 Å². The van der Waals surface area contributed by atoms with Crippen molar-refractivity contribution in [2.24, 2.45) is 0 Å². The number of fused-ring (bicyclic) bond motifs is 1. The quantitative estimate of drug-likeness (QED) is 0.150. The Morgan fingerprint density at radius 2 is 1.89 bits per heavy atom. The molecule has 2 aromatic heterocycles. The number of hydrogen-bond donors (Lipinski definition) is 3. The number of aromatic nitrogens is 3. The number of H-pyrrole nitrogens is 1. The van der Waals surface area contributed by atoms with Gasteiger partial charge in [-0.15, -0.1) is 0 Å². The maximum absolute atomic E-state index is 11.7. The molecule has 3 aromatic carbocycles. The van der Waals surface area contributed by atoms with Gasteiger partial charge in [0.25, 0.3) is 0 Å². The van der Waals surface area contributed by atoms with Crippen molar-refractivity contribution < 1.29 is 14.8 Å². The molecular weight excluding hydrogens is 482 g/mol. The van der Waals surface area contributed by atoms with Crippen LogP contribution in [0.3, 0.4) is 0 Å². The Morgan fingerprint density at radius 3 is 2.61 bits per heavy atom. The Morgan fingerprint density at radius 1 is 1.13 bits per heavy atom. The van der Waals surface area contributed by atoms with E-state index in [0.29, 0.717) is 17.9 Å². The fraction of sp³-hybridized carbons (Fsp3) is 0.172. The fourth-order valence-corrected chi connectivity index (χ4v) is 4.76. The zero-order valence-corrected chi connectivity index (χ0v) is 21.1. The van der Waals surface area contributed by atoms with Crippen LogP contribution >= 0.6 is 0 Å². The third kappa shape index (κ3) is 4.73. The number of aromatic amines is 1. The molecule has 5 aromatic rings. The van der Waals surface area contributed by atoms with Crippen molar-refractivity contribution in [3.05, 3.63) is 106 Å². The van der Waals surface area contributed by atoms with Crippen LogP contribution in [-0.2, 0) is 13.0 Å². The fourth-order valence-electron chi connectivity index (χ4n) is 4.76. The van der Waals surface area contributed by atoms with Crippen LogP contribution in [0.25, 0.3) is 22.2 Å². The highest BCUT2D eigenvalue weighted by molar-refractivity contribution is 5.96. The number of imidazole rings is 1. The average Bonchev–Trinajstić information content (AvgIpc) is 3.50. The predicted octanol–water partition coefficient (Wildman–Crippen LogP) is 6.69. The minimum absolute atomic E-state index is 0.0208. The van der Waals surface area contributed by atoms with Gasteiger partial charge in [-0.1, -0.05) is 49.4 Å². The molecule has 9 nitrogen and oxygen atoms in total. The molecule has 5 rings (SSSR count). The molecule has 0 fully saturated rings. The lowest BCUT2D eigenvalue weighted by atomic mass is 9.99. The molecule has 0 aliphatic heterocycles. The van der Waals surface area contributed by atoms with E-state index in [1.54, 1.807) is 12.1 Å². The van der Waals surface area contributed by atoms with Crippen molar-refractivity contribution in [1.82, 2.24) is 14.5 Å². The molecule has 3 N–H and O–H groups in total. The number of carbonyl (C=O) groups is 1. The van der Waals surface area contributed by atoms with E-state index in [1.165, 1.54) is 12.3 Å². The Balaban J connectivity index is 1.51. The summed E-state index contributed by atoms with van der Waals surface area (Å²) in [4.78, 5) is 30.4. The number of aromatic carboxylic acids is 1. The number of carboxylic acids is 1. The highest BCUT2D eigenvalue weighted by atomic mass is 16.6. The highest BCUT2D eigenvalue weighted by Gasteiger charge is 2.18. The van der Waals surface area contributed by atoms with E-state index >= 15 is 0 Å². The Kier molecular flexibility index (Phi) is 6.66. The monoisotopic (exact) mass is 509 g/mol. The minimum Gasteiger partial charge on any atom is -0.478 e. The Hall–Kier alpha value is -4.92. The van der Waals surface area contributed by atoms with Gasteiger partial charge in [-0.2, -0.15) is 0 Å². The lowest BCUT2D eigenvalue weighted by Crippen LogP contribution is -2.05. The van der Waals surface area contributed by atoms with E-state index in [4.69, 9.17) is 4.98 Å². The number of nitrogens with one attached hydrogen (secondary N) is 2. The standard InChI is InChI=1S/C29H27N5O4/c1-3-6-26-32-27-18(2)15-21(31-28-24(34(37)38)13-14-30-28)16-25(27)33(26)17-19-9-11-20(12-10-19)22-7-4-5-8-23(22)29(35)36/h4-5,7-16,30-31H,3,6,17H2,1-2H3,(H,35,36). The summed E-state index contributed by atoms with van der Waals surface area (Å²) in [5, 5.41) is 24.1. The molecule has 0 atom stereocenters. The van der Waals surface area contributed by atoms with Crippen molar-refractivity contribution in [2.45, 2.75) is 33.2 Å². The topological polar surface area (TPSA) is 126 Å². The summed E-state index contributed by atoms with van der Waals surface area (Å²) in [5.74, 6) is 0.336. The molecule has 0 saturated carbocycles. The number of rotatable bonds is 9. The van der Waals surface area contributed by atoms with Gasteiger partial charge in [0.1, 0.15) is 5.82 Å². The second-order valence-corrected chi connectivity index (χ2v) is 9.19. The van der Waals surface area contributed by atoms with E-state index in [2.05, 4.69) is 21.8 Å². The smallest absolute Gasteiger partial charge is 0.336 e. The zero-order chi connectivity index (χ0) is 26.8. The molecule has 38 heavy (non-hydrogen) atoms. The van der Waals surface area contributed by atoms with E-state index < -0.39 is 10.9 Å². The number of nitrogens with zero attached hydrogens (tertiary/aromatic N) is 3. The number of hydrogen-bond acceptors (Lipinski definition) is 5. The van der Waals surface area contributed by atoms with Crippen LogP contribution in [0.4, 0.5) is 17.2 Å². The molecule has 9 heteroatoms. The highest BCUT2D eigenvalue weighted by Crippen LogP contribution is 2.31. The van der Waals surface area contributed by atoms with Crippen LogP contribution in [-0.4, -0.2) is 30.5 Å². The first kappa shape index (κ1) is 24.8. The van der Waals surface area contributed by atoms with Crippen molar-refractivity contribution in [3.8, 4) is 11.1 Å². The second kappa shape index (κ2) is 10.2. The van der Waals surface area contributed by atoms with Crippen LogP contribution in [0.1, 0.15) is 40.7 Å². The molecule has 0 unspecified atom stereocenters. The molecule has 0 spiro atoms. The SMILES string of the molecule is CCCc1nc2c(C)cc(Nc3[nH]ccc3[N+](=O)[O-])cc2n1Cc1ccc(-c2ccccc2C(=O)O)cc1. The van der Waals surface area contributed by atoms with Crippen LogP contribution in [0, 0.1) is 17.0 Å². The van der Waals surface area contributed by atoms with Gasteiger partial charge in [0.2, 0.25) is 0 Å². The van der Waals surface area contributed by atoms with Crippen molar-refractivity contribution in [1.29, 1.82) is 0 Å².